The van der Waals surface area contributed by atoms with Crippen LogP contribution in [0.5, 0.6) is 0 Å². The number of hydrogen-bond donors (Lipinski definition) is 2. The zero-order chi connectivity index (χ0) is 13.0. The van der Waals surface area contributed by atoms with E-state index in [1.54, 1.807) is 6.07 Å². The molecule has 2 rings (SSSR count). The summed E-state index contributed by atoms with van der Waals surface area (Å²) in [6.45, 7) is 0.783. The van der Waals surface area contributed by atoms with Gasteiger partial charge < -0.3 is 11.1 Å². The van der Waals surface area contributed by atoms with Gasteiger partial charge in [0.25, 0.3) is 0 Å². The van der Waals surface area contributed by atoms with Crippen LogP contribution in [0.3, 0.4) is 0 Å². The zero-order valence-electron chi connectivity index (χ0n) is 10.5. The van der Waals surface area contributed by atoms with Crippen molar-refractivity contribution in [2.24, 2.45) is 5.73 Å². The average molecular weight is 315 g/mol. The smallest absolute Gasteiger partial charge is 0.126 e. The zero-order valence-corrected chi connectivity index (χ0v) is 12.0. The Hall–Kier alpha value is -0.450. The Morgan fingerprint density at radius 1 is 1.33 bits per heavy atom. The van der Waals surface area contributed by atoms with Crippen molar-refractivity contribution in [3.8, 4) is 0 Å². The maximum atomic E-state index is 13.5. The molecule has 0 spiro atoms. The largest absolute Gasteiger partial charge is 0.326 e. The van der Waals surface area contributed by atoms with Crippen LogP contribution in [-0.4, -0.2) is 18.6 Å². The molecule has 100 valence electrons. The van der Waals surface area contributed by atoms with Gasteiger partial charge in [0.15, 0.2) is 0 Å². The molecular weight excluding hydrogens is 295 g/mol. The van der Waals surface area contributed by atoms with Crippen LogP contribution in [0.15, 0.2) is 22.7 Å². The van der Waals surface area contributed by atoms with E-state index in [9.17, 15) is 4.39 Å². The van der Waals surface area contributed by atoms with E-state index in [0.29, 0.717) is 12.5 Å². The topological polar surface area (TPSA) is 38.0 Å². The number of nitrogens with two attached hydrogens (primary N) is 1. The number of rotatable bonds is 4. The molecule has 2 nitrogen and oxygen atoms in total. The fraction of sp³-hybridized carbons (Fsp3) is 0.571. The van der Waals surface area contributed by atoms with E-state index in [4.69, 9.17) is 5.73 Å². The van der Waals surface area contributed by atoms with Gasteiger partial charge in [-0.1, -0.05) is 28.8 Å². The van der Waals surface area contributed by atoms with E-state index in [2.05, 4.69) is 21.2 Å². The third-order valence-electron chi connectivity index (χ3n) is 3.63. The van der Waals surface area contributed by atoms with Crippen LogP contribution in [0.4, 0.5) is 4.39 Å². The Kier molecular flexibility index (Phi) is 5.15. The van der Waals surface area contributed by atoms with E-state index < -0.39 is 0 Å². The molecule has 3 N–H and O–H groups in total. The van der Waals surface area contributed by atoms with Crippen molar-refractivity contribution in [2.75, 3.05) is 6.54 Å². The second-order valence-electron chi connectivity index (χ2n) is 4.99. The number of benzene rings is 1. The number of nitrogens with one attached hydrogen (secondary N) is 1. The summed E-state index contributed by atoms with van der Waals surface area (Å²) in [7, 11) is 0. The lowest BCUT2D eigenvalue weighted by Crippen LogP contribution is -2.47. The highest BCUT2D eigenvalue weighted by Gasteiger charge is 2.20. The van der Waals surface area contributed by atoms with Gasteiger partial charge in [-0.3, -0.25) is 0 Å². The van der Waals surface area contributed by atoms with Crippen LogP contribution in [0.25, 0.3) is 0 Å². The first kappa shape index (κ1) is 14.0. The van der Waals surface area contributed by atoms with Gasteiger partial charge in [-0.2, -0.15) is 0 Å². The molecule has 0 amide bonds. The molecule has 1 aromatic carbocycles. The van der Waals surface area contributed by atoms with Gasteiger partial charge >= 0.3 is 0 Å². The fourth-order valence-corrected chi connectivity index (χ4v) is 2.95. The van der Waals surface area contributed by atoms with Crippen molar-refractivity contribution in [3.05, 3.63) is 34.1 Å². The summed E-state index contributed by atoms with van der Waals surface area (Å²) in [5, 5.41) is 3.46. The molecule has 0 radical (unpaired) electrons. The Balaban J connectivity index is 1.82. The standard InChI is InChI=1S/C14H20BrFN2/c15-11-5-6-12(16)10(9-11)7-8-18-14-4-2-1-3-13(14)17/h5-6,9,13-14,18H,1-4,7-8,17H2. The first-order valence-electron chi connectivity index (χ1n) is 6.59. The van der Waals surface area contributed by atoms with Gasteiger partial charge in [-0.15, -0.1) is 0 Å². The van der Waals surface area contributed by atoms with Gasteiger partial charge in [0.1, 0.15) is 5.82 Å². The van der Waals surface area contributed by atoms with Crippen LogP contribution >= 0.6 is 15.9 Å². The second kappa shape index (κ2) is 6.64. The van der Waals surface area contributed by atoms with Gasteiger partial charge in [-0.25, -0.2) is 4.39 Å². The summed E-state index contributed by atoms with van der Waals surface area (Å²) in [6.07, 6.45) is 5.43. The van der Waals surface area contributed by atoms with Crippen LogP contribution in [-0.2, 0) is 6.42 Å². The van der Waals surface area contributed by atoms with E-state index in [-0.39, 0.29) is 11.9 Å². The summed E-state index contributed by atoms with van der Waals surface area (Å²) >= 11 is 3.37. The van der Waals surface area contributed by atoms with Crippen molar-refractivity contribution in [1.82, 2.24) is 5.32 Å². The molecule has 0 heterocycles. The maximum Gasteiger partial charge on any atom is 0.126 e. The van der Waals surface area contributed by atoms with Crippen molar-refractivity contribution in [2.45, 2.75) is 44.2 Å². The third kappa shape index (κ3) is 3.77. The van der Waals surface area contributed by atoms with Crippen LogP contribution in [0.1, 0.15) is 31.2 Å². The van der Waals surface area contributed by atoms with Gasteiger partial charge in [0, 0.05) is 16.6 Å². The lowest BCUT2D eigenvalue weighted by atomic mass is 9.91. The van der Waals surface area contributed by atoms with Gasteiger partial charge in [0.05, 0.1) is 0 Å². The predicted octanol–water partition coefficient (Wildman–Crippen LogP) is 2.99. The van der Waals surface area contributed by atoms with Crippen LogP contribution in [0.2, 0.25) is 0 Å². The Morgan fingerprint density at radius 3 is 2.89 bits per heavy atom. The maximum absolute atomic E-state index is 13.5. The molecule has 1 saturated carbocycles. The Bertz CT molecular complexity index is 397. The summed E-state index contributed by atoms with van der Waals surface area (Å²) in [4.78, 5) is 0. The Labute approximate surface area is 116 Å². The molecule has 4 heteroatoms. The molecular formula is C14H20BrFN2. The first-order valence-corrected chi connectivity index (χ1v) is 7.39. The second-order valence-corrected chi connectivity index (χ2v) is 5.91. The lowest BCUT2D eigenvalue weighted by molar-refractivity contribution is 0.329. The van der Waals surface area contributed by atoms with Crippen molar-refractivity contribution >= 4 is 15.9 Å². The molecule has 2 atom stereocenters. The molecule has 0 saturated heterocycles. The van der Waals surface area contributed by atoms with Gasteiger partial charge in [-0.05, 0) is 49.6 Å². The fourth-order valence-electron chi connectivity index (χ4n) is 2.54. The molecule has 1 aliphatic rings. The normalized spacial score (nSPS) is 24.2. The highest BCUT2D eigenvalue weighted by atomic mass is 79.9. The number of halogens is 2. The van der Waals surface area contributed by atoms with E-state index in [1.807, 2.05) is 6.07 Å². The SMILES string of the molecule is NC1CCCCC1NCCc1cc(Br)ccc1F. The average Bonchev–Trinajstić information content (AvgIpc) is 2.36. The van der Waals surface area contributed by atoms with E-state index >= 15 is 0 Å². The highest BCUT2D eigenvalue weighted by Crippen LogP contribution is 2.18. The summed E-state index contributed by atoms with van der Waals surface area (Å²) in [5.41, 5.74) is 6.82. The minimum Gasteiger partial charge on any atom is -0.326 e. The Morgan fingerprint density at radius 2 is 2.11 bits per heavy atom. The van der Waals surface area contributed by atoms with E-state index in [1.165, 1.54) is 18.9 Å². The highest BCUT2D eigenvalue weighted by molar-refractivity contribution is 9.10. The molecule has 0 aliphatic heterocycles. The summed E-state index contributed by atoms with van der Waals surface area (Å²) in [6, 6.07) is 5.73. The van der Waals surface area contributed by atoms with Crippen molar-refractivity contribution in [1.29, 1.82) is 0 Å². The monoisotopic (exact) mass is 314 g/mol. The minimum absolute atomic E-state index is 0.132. The number of hydrogen-bond acceptors (Lipinski definition) is 2. The molecule has 1 aliphatic carbocycles. The lowest BCUT2D eigenvalue weighted by Gasteiger charge is -2.29. The van der Waals surface area contributed by atoms with Gasteiger partial charge in [0.2, 0.25) is 0 Å². The third-order valence-corrected chi connectivity index (χ3v) is 4.12. The van der Waals surface area contributed by atoms with Crippen molar-refractivity contribution in [3.63, 3.8) is 0 Å². The molecule has 2 unspecified atom stereocenters. The summed E-state index contributed by atoms with van der Waals surface area (Å²) in [5.74, 6) is -0.132. The summed E-state index contributed by atoms with van der Waals surface area (Å²) < 4.78 is 14.5. The van der Waals surface area contributed by atoms with Crippen molar-refractivity contribution < 1.29 is 4.39 Å². The first-order chi connectivity index (χ1) is 8.66. The molecule has 0 aromatic heterocycles. The molecule has 0 bridgehead atoms. The minimum atomic E-state index is -0.132. The molecule has 18 heavy (non-hydrogen) atoms. The van der Waals surface area contributed by atoms with E-state index in [0.717, 1.165) is 29.4 Å². The quantitative estimate of drug-likeness (QED) is 0.896. The predicted molar refractivity (Wildman–Crippen MR) is 76.0 cm³/mol. The van der Waals surface area contributed by atoms with Crippen LogP contribution < -0.4 is 11.1 Å². The van der Waals surface area contributed by atoms with Crippen LogP contribution in [0, 0.1) is 5.82 Å². The molecule has 1 fully saturated rings. The molecule has 1 aromatic rings.